The fourth-order valence-corrected chi connectivity index (χ4v) is 2.58. The van der Waals surface area contributed by atoms with Crippen LogP contribution >= 0.6 is 0 Å². The highest BCUT2D eigenvalue weighted by Gasteiger charge is 2.10. The van der Waals surface area contributed by atoms with Crippen LogP contribution in [0, 0.1) is 13.8 Å². The summed E-state index contributed by atoms with van der Waals surface area (Å²) >= 11 is 0. The lowest BCUT2D eigenvalue weighted by Crippen LogP contribution is -2.16. The highest BCUT2D eigenvalue weighted by Crippen LogP contribution is 2.20. The van der Waals surface area contributed by atoms with Crippen molar-refractivity contribution < 1.29 is 5.21 Å². The van der Waals surface area contributed by atoms with Gasteiger partial charge >= 0.3 is 0 Å². The number of nitrogens with two attached hydrogens (primary N) is 1. The molecule has 22 heavy (non-hydrogen) atoms. The maximum atomic E-state index is 8.92. The van der Waals surface area contributed by atoms with E-state index < -0.39 is 0 Å². The molecule has 112 valence electrons. The fraction of sp³-hybridized carbons (Fsp3) is 0.176. The van der Waals surface area contributed by atoms with E-state index in [1.165, 1.54) is 11.1 Å². The van der Waals surface area contributed by atoms with Crippen LogP contribution in [0.25, 0.3) is 11.0 Å². The average molecular weight is 294 g/mol. The molecule has 1 aromatic heterocycles. The summed E-state index contributed by atoms with van der Waals surface area (Å²) in [5, 5.41) is 12.0. The lowest BCUT2D eigenvalue weighted by atomic mass is 10.1. The van der Waals surface area contributed by atoms with Crippen LogP contribution in [-0.2, 0) is 6.54 Å². The second-order valence-electron chi connectivity index (χ2n) is 5.44. The molecule has 3 aromatic rings. The molecule has 3 rings (SSSR count). The Labute approximate surface area is 128 Å². The minimum absolute atomic E-state index is 0.118. The number of hydrogen-bond donors (Lipinski definition) is 2. The van der Waals surface area contributed by atoms with Gasteiger partial charge in [-0.25, -0.2) is 4.98 Å². The number of nitrogens with zero attached hydrogens (tertiary/aromatic N) is 3. The van der Waals surface area contributed by atoms with Crippen LogP contribution in [0.3, 0.4) is 0 Å². The van der Waals surface area contributed by atoms with Crippen LogP contribution < -0.4 is 5.73 Å². The van der Waals surface area contributed by atoms with Gasteiger partial charge in [-0.15, -0.1) is 0 Å². The summed E-state index contributed by atoms with van der Waals surface area (Å²) in [6, 6.07) is 11.9. The topological polar surface area (TPSA) is 76.4 Å². The van der Waals surface area contributed by atoms with Crippen LogP contribution in [0.2, 0.25) is 0 Å². The second kappa shape index (κ2) is 5.52. The van der Waals surface area contributed by atoms with Gasteiger partial charge in [-0.1, -0.05) is 29.4 Å². The Morgan fingerprint density at radius 3 is 2.73 bits per heavy atom. The number of oxime groups is 1. The molecule has 3 N–H and O–H groups in total. The molecule has 0 aliphatic heterocycles. The van der Waals surface area contributed by atoms with Gasteiger partial charge in [0.15, 0.2) is 5.84 Å². The quantitative estimate of drug-likeness (QED) is 0.337. The summed E-state index contributed by atoms with van der Waals surface area (Å²) in [6.07, 6.45) is 1.83. The molecule has 0 aliphatic carbocycles. The first-order valence-corrected chi connectivity index (χ1v) is 7.08. The van der Waals surface area contributed by atoms with Gasteiger partial charge in [0, 0.05) is 12.1 Å². The maximum Gasteiger partial charge on any atom is 0.170 e. The average Bonchev–Trinajstić information content (AvgIpc) is 2.90. The minimum Gasteiger partial charge on any atom is -0.409 e. The molecule has 0 radical (unpaired) electrons. The van der Waals surface area contributed by atoms with Gasteiger partial charge in [-0.05, 0) is 42.7 Å². The summed E-state index contributed by atoms with van der Waals surface area (Å²) in [5.74, 6) is 0.118. The molecule has 5 heteroatoms. The summed E-state index contributed by atoms with van der Waals surface area (Å²) in [6.45, 7) is 4.80. The summed E-state index contributed by atoms with van der Waals surface area (Å²) in [4.78, 5) is 4.46. The first kappa shape index (κ1) is 14.1. The summed E-state index contributed by atoms with van der Waals surface area (Å²) < 4.78 is 2.07. The molecule has 0 aliphatic rings. The maximum absolute atomic E-state index is 8.92. The third kappa shape index (κ3) is 2.41. The van der Waals surface area contributed by atoms with Crippen molar-refractivity contribution in [3.8, 4) is 0 Å². The number of hydrogen-bond acceptors (Lipinski definition) is 3. The van der Waals surface area contributed by atoms with Gasteiger partial charge in [0.05, 0.1) is 17.4 Å². The number of imidazole rings is 1. The van der Waals surface area contributed by atoms with Gasteiger partial charge in [-0.2, -0.15) is 0 Å². The zero-order valence-corrected chi connectivity index (χ0v) is 12.6. The van der Waals surface area contributed by atoms with Gasteiger partial charge in [0.1, 0.15) is 0 Å². The third-order valence-electron chi connectivity index (χ3n) is 3.98. The van der Waals surface area contributed by atoms with Crippen molar-refractivity contribution in [2.24, 2.45) is 10.9 Å². The molecule has 0 bridgehead atoms. The van der Waals surface area contributed by atoms with Crippen LogP contribution in [0.5, 0.6) is 0 Å². The molecule has 5 nitrogen and oxygen atoms in total. The number of fused-ring (bicyclic) bond motifs is 1. The highest BCUT2D eigenvalue weighted by molar-refractivity contribution is 5.98. The highest BCUT2D eigenvalue weighted by atomic mass is 16.4. The minimum atomic E-state index is 0.118. The molecule has 2 aromatic carbocycles. The first-order chi connectivity index (χ1) is 10.6. The lowest BCUT2D eigenvalue weighted by molar-refractivity contribution is 0.318. The summed E-state index contributed by atoms with van der Waals surface area (Å²) in [5.41, 5.74) is 12.0. The Hall–Kier alpha value is -2.82. The third-order valence-corrected chi connectivity index (χ3v) is 3.98. The first-order valence-electron chi connectivity index (χ1n) is 7.08. The van der Waals surface area contributed by atoms with Crippen molar-refractivity contribution in [1.82, 2.24) is 9.55 Å². The molecular weight excluding hydrogens is 276 g/mol. The normalized spacial score (nSPS) is 12.0. The Bertz CT molecular complexity index is 864. The molecule has 1 heterocycles. The van der Waals surface area contributed by atoms with Crippen molar-refractivity contribution >= 4 is 16.9 Å². The van der Waals surface area contributed by atoms with Crippen LogP contribution in [0.1, 0.15) is 22.3 Å². The van der Waals surface area contributed by atoms with E-state index in [-0.39, 0.29) is 5.84 Å². The van der Waals surface area contributed by atoms with E-state index in [1.807, 2.05) is 30.6 Å². The largest absolute Gasteiger partial charge is 0.409 e. The Kier molecular flexibility index (Phi) is 3.55. The van der Waals surface area contributed by atoms with Crippen molar-refractivity contribution in [3.05, 3.63) is 65.0 Å². The van der Waals surface area contributed by atoms with Crippen molar-refractivity contribution in [2.45, 2.75) is 20.4 Å². The number of aryl methyl sites for hydroxylation is 2. The van der Waals surface area contributed by atoms with Gasteiger partial charge in [-0.3, -0.25) is 0 Å². The van der Waals surface area contributed by atoms with Crippen molar-refractivity contribution in [3.63, 3.8) is 0 Å². The standard InChI is InChI=1S/C17H18N4O/c1-11-7-15-16(8-12(11)2)21(10-19-15)9-13-5-3-4-6-14(13)17(18)20-22/h3-8,10,22H,9H2,1-2H3,(H2,18,20). The summed E-state index contributed by atoms with van der Waals surface area (Å²) in [7, 11) is 0. The molecule has 0 unspecified atom stereocenters. The van der Waals surface area contributed by atoms with E-state index in [2.05, 4.69) is 40.7 Å². The van der Waals surface area contributed by atoms with Crippen molar-refractivity contribution in [1.29, 1.82) is 0 Å². The van der Waals surface area contributed by atoms with Gasteiger partial charge in [0.25, 0.3) is 0 Å². The molecule has 0 saturated carbocycles. The van der Waals surface area contributed by atoms with Gasteiger partial charge in [0.2, 0.25) is 0 Å². The monoisotopic (exact) mass is 294 g/mol. The fourth-order valence-electron chi connectivity index (χ4n) is 2.58. The second-order valence-corrected chi connectivity index (χ2v) is 5.44. The van der Waals surface area contributed by atoms with Crippen LogP contribution in [0.15, 0.2) is 47.9 Å². The molecular formula is C17H18N4O. The molecule has 0 atom stereocenters. The molecule has 0 amide bonds. The lowest BCUT2D eigenvalue weighted by Gasteiger charge is -2.10. The Morgan fingerprint density at radius 1 is 1.23 bits per heavy atom. The van der Waals surface area contributed by atoms with E-state index in [1.54, 1.807) is 0 Å². The number of aromatic nitrogens is 2. The SMILES string of the molecule is Cc1cc2ncn(Cc3ccccc3/C(N)=N/O)c2cc1C. The predicted octanol–water partition coefficient (Wildman–Crippen LogP) is 2.80. The zero-order valence-electron chi connectivity index (χ0n) is 12.6. The Balaban J connectivity index is 2.06. The van der Waals surface area contributed by atoms with E-state index in [4.69, 9.17) is 10.9 Å². The van der Waals surface area contributed by atoms with Crippen LogP contribution in [0.4, 0.5) is 0 Å². The molecule has 0 saturated heterocycles. The van der Waals surface area contributed by atoms with Crippen molar-refractivity contribution in [2.75, 3.05) is 0 Å². The number of rotatable bonds is 3. The Morgan fingerprint density at radius 2 is 1.95 bits per heavy atom. The van der Waals surface area contributed by atoms with E-state index >= 15 is 0 Å². The predicted molar refractivity (Wildman–Crippen MR) is 87.3 cm³/mol. The van der Waals surface area contributed by atoms with E-state index in [0.717, 1.165) is 22.2 Å². The molecule has 0 fully saturated rings. The number of amidine groups is 1. The van der Waals surface area contributed by atoms with Crippen LogP contribution in [-0.4, -0.2) is 20.6 Å². The smallest absolute Gasteiger partial charge is 0.170 e. The van der Waals surface area contributed by atoms with E-state index in [0.29, 0.717) is 6.54 Å². The van der Waals surface area contributed by atoms with Gasteiger partial charge < -0.3 is 15.5 Å². The number of benzene rings is 2. The molecule has 0 spiro atoms. The zero-order chi connectivity index (χ0) is 15.7. The van der Waals surface area contributed by atoms with E-state index in [9.17, 15) is 0 Å².